The molecule has 1 aromatic carbocycles. The van der Waals surface area contributed by atoms with Crippen molar-refractivity contribution >= 4 is 5.91 Å². The van der Waals surface area contributed by atoms with Gasteiger partial charge >= 0.3 is 0 Å². The highest BCUT2D eigenvalue weighted by Crippen LogP contribution is 2.30. The molecule has 25 heavy (non-hydrogen) atoms. The van der Waals surface area contributed by atoms with Gasteiger partial charge < -0.3 is 13.9 Å². The Bertz CT molecular complexity index is 929. The number of aromatic nitrogens is 3. The van der Waals surface area contributed by atoms with Crippen LogP contribution in [0, 0.1) is 12.7 Å². The van der Waals surface area contributed by atoms with Crippen molar-refractivity contribution in [3.8, 4) is 11.6 Å². The summed E-state index contributed by atoms with van der Waals surface area (Å²) in [5.41, 5.74) is 0.461. The van der Waals surface area contributed by atoms with Gasteiger partial charge in [-0.2, -0.15) is 0 Å². The second kappa shape index (κ2) is 5.84. The number of rotatable bonds is 2. The number of aryl methyl sites for hydroxylation is 1. The van der Waals surface area contributed by atoms with Crippen LogP contribution in [0.2, 0.25) is 0 Å². The molecule has 0 saturated heterocycles. The Morgan fingerprint density at radius 2 is 1.92 bits per heavy atom. The molecule has 0 N–H and O–H groups in total. The largest absolute Gasteiger partial charge is 0.458 e. The van der Waals surface area contributed by atoms with Gasteiger partial charge in [0.1, 0.15) is 11.6 Å². The molecule has 1 aliphatic heterocycles. The second-order valence-corrected chi connectivity index (χ2v) is 6.13. The van der Waals surface area contributed by atoms with Gasteiger partial charge in [0.2, 0.25) is 0 Å². The molecule has 4 rings (SSSR count). The smallest absolute Gasteiger partial charge is 0.254 e. The fraction of sp³-hybridized carbons (Fsp3) is 0.278. The quantitative estimate of drug-likeness (QED) is 0.719. The Balaban J connectivity index is 1.63. The van der Waals surface area contributed by atoms with Gasteiger partial charge in [0.25, 0.3) is 5.91 Å². The first-order chi connectivity index (χ1) is 12.0. The summed E-state index contributed by atoms with van der Waals surface area (Å²) in [7, 11) is 0. The lowest BCUT2D eigenvalue weighted by molar-refractivity contribution is 0.0638. The number of nitrogens with zero attached hydrogens (tertiary/aromatic N) is 4. The SMILES string of the molecule is Cc1ccc(-c2nnc3n2CCN(C(=O)c2ccc(F)cc2)C3C)o1. The maximum absolute atomic E-state index is 13.1. The summed E-state index contributed by atoms with van der Waals surface area (Å²) in [5.74, 6) is 2.36. The highest BCUT2D eigenvalue weighted by molar-refractivity contribution is 5.94. The number of hydrogen-bond donors (Lipinski definition) is 0. The van der Waals surface area contributed by atoms with Crippen LogP contribution in [0.5, 0.6) is 0 Å². The molecule has 0 bridgehead atoms. The normalized spacial score (nSPS) is 16.8. The van der Waals surface area contributed by atoms with E-state index in [2.05, 4.69) is 10.2 Å². The molecule has 0 fully saturated rings. The van der Waals surface area contributed by atoms with Crippen LogP contribution < -0.4 is 0 Å². The number of furan rings is 1. The number of carbonyl (C=O) groups is 1. The molecule has 1 unspecified atom stereocenters. The van der Waals surface area contributed by atoms with E-state index in [4.69, 9.17) is 4.42 Å². The van der Waals surface area contributed by atoms with E-state index in [1.807, 2.05) is 30.5 Å². The summed E-state index contributed by atoms with van der Waals surface area (Å²) in [6.07, 6.45) is 0. The van der Waals surface area contributed by atoms with Crippen molar-refractivity contribution in [3.63, 3.8) is 0 Å². The number of carbonyl (C=O) groups excluding carboxylic acids is 1. The summed E-state index contributed by atoms with van der Waals surface area (Å²) >= 11 is 0. The summed E-state index contributed by atoms with van der Waals surface area (Å²) in [6, 6.07) is 9.11. The lowest BCUT2D eigenvalue weighted by Crippen LogP contribution is -2.41. The van der Waals surface area contributed by atoms with E-state index in [1.54, 1.807) is 4.90 Å². The lowest BCUT2D eigenvalue weighted by atomic mass is 10.1. The van der Waals surface area contributed by atoms with Crippen molar-refractivity contribution in [2.24, 2.45) is 0 Å². The van der Waals surface area contributed by atoms with Gasteiger partial charge in [-0.25, -0.2) is 4.39 Å². The number of hydrogen-bond acceptors (Lipinski definition) is 4. The molecular formula is C18H17FN4O2. The summed E-state index contributed by atoms with van der Waals surface area (Å²) in [5, 5.41) is 8.50. The average molecular weight is 340 g/mol. The van der Waals surface area contributed by atoms with E-state index in [1.165, 1.54) is 24.3 Å². The van der Waals surface area contributed by atoms with Crippen LogP contribution in [0.25, 0.3) is 11.6 Å². The molecule has 3 heterocycles. The van der Waals surface area contributed by atoms with Gasteiger partial charge in [-0.15, -0.1) is 10.2 Å². The minimum atomic E-state index is -0.360. The van der Waals surface area contributed by atoms with Crippen molar-refractivity contribution in [2.75, 3.05) is 6.54 Å². The average Bonchev–Trinajstić information content (AvgIpc) is 3.21. The van der Waals surface area contributed by atoms with Crippen molar-refractivity contribution in [1.29, 1.82) is 0 Å². The summed E-state index contributed by atoms with van der Waals surface area (Å²) in [4.78, 5) is 14.5. The van der Waals surface area contributed by atoms with Crippen LogP contribution in [-0.2, 0) is 6.54 Å². The molecule has 2 aromatic heterocycles. The van der Waals surface area contributed by atoms with Crippen molar-refractivity contribution in [2.45, 2.75) is 26.4 Å². The van der Waals surface area contributed by atoms with Gasteiger partial charge in [0.15, 0.2) is 17.4 Å². The molecule has 6 nitrogen and oxygen atoms in total. The Labute approximate surface area is 143 Å². The molecule has 1 amide bonds. The molecule has 3 aromatic rings. The first kappa shape index (κ1) is 15.6. The lowest BCUT2D eigenvalue weighted by Gasteiger charge is -2.33. The third-order valence-electron chi connectivity index (χ3n) is 4.50. The van der Waals surface area contributed by atoms with Crippen molar-refractivity contribution < 1.29 is 13.6 Å². The van der Waals surface area contributed by atoms with Gasteiger partial charge in [-0.05, 0) is 50.2 Å². The van der Waals surface area contributed by atoms with E-state index < -0.39 is 0 Å². The van der Waals surface area contributed by atoms with Gasteiger partial charge in [-0.1, -0.05) is 0 Å². The van der Waals surface area contributed by atoms with Gasteiger partial charge in [0, 0.05) is 18.7 Å². The fourth-order valence-corrected chi connectivity index (χ4v) is 3.16. The predicted octanol–water partition coefficient (Wildman–Crippen LogP) is 3.20. The van der Waals surface area contributed by atoms with E-state index in [0.29, 0.717) is 36.1 Å². The number of fused-ring (bicyclic) bond motifs is 1. The predicted molar refractivity (Wildman–Crippen MR) is 88.3 cm³/mol. The summed E-state index contributed by atoms with van der Waals surface area (Å²) < 4.78 is 20.7. The molecule has 0 saturated carbocycles. The van der Waals surface area contributed by atoms with E-state index in [-0.39, 0.29) is 17.8 Å². The van der Waals surface area contributed by atoms with Gasteiger partial charge in [0.05, 0.1) is 6.04 Å². The fourth-order valence-electron chi connectivity index (χ4n) is 3.16. The van der Waals surface area contributed by atoms with Crippen LogP contribution >= 0.6 is 0 Å². The zero-order valence-electron chi connectivity index (χ0n) is 13.9. The Morgan fingerprint density at radius 3 is 2.60 bits per heavy atom. The number of amides is 1. The molecule has 1 aliphatic rings. The monoisotopic (exact) mass is 340 g/mol. The number of benzene rings is 1. The standard InChI is InChI=1S/C18H17FN4O2/c1-11-3-8-15(25-11)17-21-20-16-12(2)22(9-10-23(16)17)18(24)13-4-6-14(19)7-5-13/h3-8,12H,9-10H2,1-2H3. The van der Waals surface area contributed by atoms with Crippen LogP contribution in [0.3, 0.4) is 0 Å². The first-order valence-electron chi connectivity index (χ1n) is 8.11. The molecular weight excluding hydrogens is 323 g/mol. The zero-order chi connectivity index (χ0) is 17.6. The Hall–Kier alpha value is -2.96. The zero-order valence-corrected chi connectivity index (χ0v) is 13.9. The summed E-state index contributed by atoms with van der Waals surface area (Å²) in [6.45, 7) is 4.89. The minimum absolute atomic E-state index is 0.142. The van der Waals surface area contributed by atoms with Crippen LogP contribution in [0.15, 0.2) is 40.8 Å². The first-order valence-corrected chi connectivity index (χ1v) is 8.11. The number of halogens is 1. The molecule has 7 heteroatoms. The maximum atomic E-state index is 13.1. The maximum Gasteiger partial charge on any atom is 0.254 e. The highest BCUT2D eigenvalue weighted by atomic mass is 19.1. The topological polar surface area (TPSA) is 64.2 Å². The minimum Gasteiger partial charge on any atom is -0.458 e. The Kier molecular flexibility index (Phi) is 3.63. The molecule has 0 radical (unpaired) electrons. The van der Waals surface area contributed by atoms with E-state index in [9.17, 15) is 9.18 Å². The molecule has 128 valence electrons. The van der Waals surface area contributed by atoms with Crippen LogP contribution in [-0.4, -0.2) is 32.1 Å². The molecule has 0 spiro atoms. The van der Waals surface area contributed by atoms with Crippen molar-refractivity contribution in [3.05, 3.63) is 59.4 Å². The molecule has 0 aliphatic carbocycles. The highest BCUT2D eigenvalue weighted by Gasteiger charge is 2.32. The molecule has 1 atom stereocenters. The van der Waals surface area contributed by atoms with Crippen LogP contribution in [0.1, 0.15) is 34.9 Å². The van der Waals surface area contributed by atoms with E-state index in [0.717, 1.165) is 5.76 Å². The Morgan fingerprint density at radius 1 is 1.16 bits per heavy atom. The van der Waals surface area contributed by atoms with Gasteiger partial charge in [-0.3, -0.25) is 4.79 Å². The van der Waals surface area contributed by atoms with Crippen molar-refractivity contribution in [1.82, 2.24) is 19.7 Å². The van der Waals surface area contributed by atoms with Crippen LogP contribution in [0.4, 0.5) is 4.39 Å². The van der Waals surface area contributed by atoms with E-state index >= 15 is 0 Å². The third-order valence-corrected chi connectivity index (χ3v) is 4.50. The third kappa shape index (κ3) is 2.61. The second-order valence-electron chi connectivity index (χ2n) is 6.13.